The summed E-state index contributed by atoms with van der Waals surface area (Å²) in [6.07, 6.45) is 3.16. The first kappa shape index (κ1) is 32.0. The average Bonchev–Trinajstić information content (AvgIpc) is 3.63. The number of nitrogens with zero attached hydrogens (tertiary/aromatic N) is 4. The van der Waals surface area contributed by atoms with Gasteiger partial charge in [0.25, 0.3) is 0 Å². The maximum absolute atomic E-state index is 12.9. The lowest BCUT2D eigenvalue weighted by Gasteiger charge is -2.04. The molecule has 0 saturated heterocycles. The topological polar surface area (TPSA) is 69.8 Å². The van der Waals surface area contributed by atoms with Crippen LogP contribution in [0, 0.1) is 35.3 Å². The summed E-state index contributed by atoms with van der Waals surface area (Å²) in [6, 6.07) is 30.1. The summed E-state index contributed by atoms with van der Waals surface area (Å²) in [5.41, 5.74) is 2.68. The van der Waals surface area contributed by atoms with E-state index in [1.54, 1.807) is 67.5 Å². The number of rotatable bonds is 4. The Hall–Kier alpha value is -5.42. The number of hydrogen-bond donors (Lipinski definition) is 0. The van der Waals surface area contributed by atoms with E-state index in [0.29, 0.717) is 11.3 Å². The summed E-state index contributed by atoms with van der Waals surface area (Å²) < 4.78 is 54.3. The molecule has 0 bridgehead atoms. The molecule has 10 heteroatoms. The van der Waals surface area contributed by atoms with Crippen molar-refractivity contribution in [3.05, 3.63) is 156 Å². The largest absolute Gasteiger partial charge is 0.315 e. The highest BCUT2D eigenvalue weighted by Gasteiger charge is 2.23. The molecule has 46 heavy (non-hydrogen) atoms. The third-order valence-electron chi connectivity index (χ3n) is 6.50. The Balaban J connectivity index is 0.000000182. The number of aromatic nitrogens is 4. The highest BCUT2D eigenvalue weighted by Crippen LogP contribution is 2.26. The third-order valence-corrected chi connectivity index (χ3v) is 9.32. The lowest BCUT2D eigenvalue weighted by Crippen LogP contribution is -2.09. The zero-order chi connectivity index (χ0) is 32.5. The number of sulfone groups is 1. The van der Waals surface area contributed by atoms with Crippen LogP contribution in [0.15, 0.2) is 142 Å². The van der Waals surface area contributed by atoms with Gasteiger partial charge in [0.2, 0.25) is 15.0 Å². The third kappa shape index (κ3) is 7.99. The summed E-state index contributed by atoms with van der Waals surface area (Å²) in [5.74, 6) is 11.2. The maximum atomic E-state index is 12.9. The molecule has 6 rings (SSSR count). The molecule has 0 fully saturated rings. The molecule has 0 aliphatic rings. The second-order valence-electron chi connectivity index (χ2n) is 9.72. The van der Waals surface area contributed by atoms with Gasteiger partial charge < -0.3 is 9.13 Å². The van der Waals surface area contributed by atoms with Crippen molar-refractivity contribution in [3.8, 4) is 23.7 Å². The van der Waals surface area contributed by atoms with E-state index in [2.05, 4.69) is 33.6 Å². The van der Waals surface area contributed by atoms with E-state index >= 15 is 0 Å². The van der Waals surface area contributed by atoms with Crippen molar-refractivity contribution in [2.24, 2.45) is 14.1 Å². The normalized spacial score (nSPS) is 10.5. The second-order valence-corrected chi connectivity index (χ2v) is 12.6. The first-order valence-electron chi connectivity index (χ1n) is 13.8. The van der Waals surface area contributed by atoms with E-state index < -0.39 is 9.84 Å². The summed E-state index contributed by atoms with van der Waals surface area (Å²) in [4.78, 5) is 9.71. The molecule has 0 amide bonds. The van der Waals surface area contributed by atoms with Gasteiger partial charge in [-0.15, -0.1) is 0 Å². The standard InChI is InChI=1S/C18H13FN2O2S.C18H13FN2S/c1-21-16(12-9-14-7-10-15(19)11-8-14)13-20-18(21)24(22,23)17-5-3-2-4-6-17;1-21-16(12-9-14-7-10-15(19)11-8-14)13-20-18(21)22-17-5-3-2-4-6-17/h2-8,10-11,13H,1H3;2-8,10-11,13H,1H3. The van der Waals surface area contributed by atoms with Crippen LogP contribution in [-0.2, 0) is 23.9 Å². The van der Waals surface area contributed by atoms with E-state index in [-0.39, 0.29) is 21.7 Å². The zero-order valence-electron chi connectivity index (χ0n) is 24.7. The van der Waals surface area contributed by atoms with Crippen molar-refractivity contribution in [1.82, 2.24) is 19.1 Å². The van der Waals surface area contributed by atoms with Crippen molar-refractivity contribution in [1.29, 1.82) is 0 Å². The molecule has 2 heterocycles. The van der Waals surface area contributed by atoms with Crippen molar-refractivity contribution < 1.29 is 17.2 Å². The van der Waals surface area contributed by atoms with E-state index in [9.17, 15) is 17.2 Å². The second kappa shape index (κ2) is 14.6. The smallest absolute Gasteiger partial charge is 0.240 e. The van der Waals surface area contributed by atoms with Crippen LogP contribution in [0.3, 0.4) is 0 Å². The molecule has 0 N–H and O–H groups in total. The molecule has 228 valence electrons. The Kier molecular flexibility index (Phi) is 10.1. The Morgan fingerprint density at radius 1 is 0.609 bits per heavy atom. The van der Waals surface area contributed by atoms with E-state index in [4.69, 9.17) is 0 Å². The highest BCUT2D eigenvalue weighted by molar-refractivity contribution is 7.99. The maximum Gasteiger partial charge on any atom is 0.240 e. The van der Waals surface area contributed by atoms with E-state index in [0.717, 1.165) is 21.3 Å². The fraction of sp³-hybridized carbons (Fsp3) is 0.0556. The van der Waals surface area contributed by atoms with Gasteiger partial charge in [-0.05, 0) is 84.6 Å². The van der Waals surface area contributed by atoms with Crippen LogP contribution < -0.4 is 0 Å². The summed E-state index contributed by atoms with van der Waals surface area (Å²) in [7, 11) is -0.171. The average molecular weight is 649 g/mol. The van der Waals surface area contributed by atoms with Crippen molar-refractivity contribution in [3.63, 3.8) is 0 Å². The molecular formula is C36H26F2N4O2S2. The predicted molar refractivity (Wildman–Crippen MR) is 174 cm³/mol. The summed E-state index contributed by atoms with van der Waals surface area (Å²) >= 11 is 1.59. The van der Waals surface area contributed by atoms with Gasteiger partial charge in [-0.2, -0.15) is 0 Å². The number of imidazole rings is 2. The van der Waals surface area contributed by atoms with Gasteiger partial charge in [0.05, 0.1) is 17.3 Å². The van der Waals surface area contributed by atoms with Crippen LogP contribution in [-0.4, -0.2) is 27.5 Å². The zero-order valence-corrected chi connectivity index (χ0v) is 26.4. The highest BCUT2D eigenvalue weighted by atomic mass is 32.2. The minimum Gasteiger partial charge on any atom is -0.315 e. The molecule has 0 saturated carbocycles. The first-order valence-corrected chi connectivity index (χ1v) is 16.1. The number of hydrogen-bond acceptors (Lipinski definition) is 5. The molecule has 4 aromatic carbocycles. The molecule has 0 spiro atoms. The van der Waals surface area contributed by atoms with Gasteiger partial charge in [0.15, 0.2) is 5.16 Å². The number of halogens is 2. The van der Waals surface area contributed by atoms with Gasteiger partial charge in [-0.25, -0.2) is 27.2 Å². The van der Waals surface area contributed by atoms with Gasteiger partial charge in [0.1, 0.15) is 23.0 Å². The molecule has 2 aromatic heterocycles. The molecule has 6 nitrogen and oxygen atoms in total. The Bertz CT molecular complexity index is 2170. The Morgan fingerprint density at radius 3 is 1.63 bits per heavy atom. The molecule has 0 radical (unpaired) electrons. The molecule has 0 atom stereocenters. The Labute approximate surface area is 270 Å². The van der Waals surface area contributed by atoms with Gasteiger partial charge in [0, 0.05) is 30.1 Å². The van der Waals surface area contributed by atoms with Crippen LogP contribution in [0.5, 0.6) is 0 Å². The minimum atomic E-state index is -3.70. The van der Waals surface area contributed by atoms with Gasteiger partial charge in [-0.3, -0.25) is 0 Å². The minimum absolute atomic E-state index is 0.0721. The van der Waals surface area contributed by atoms with Gasteiger partial charge in [-0.1, -0.05) is 60.0 Å². The number of benzene rings is 4. The molecule has 0 aliphatic carbocycles. The van der Waals surface area contributed by atoms with Crippen LogP contribution in [0.1, 0.15) is 22.5 Å². The summed E-state index contributed by atoms with van der Waals surface area (Å²) in [5, 5.41) is 0.812. The van der Waals surface area contributed by atoms with Crippen molar-refractivity contribution in [2.75, 3.05) is 0 Å². The van der Waals surface area contributed by atoms with E-state index in [1.807, 2.05) is 41.9 Å². The molecule has 0 aliphatic heterocycles. The fourth-order valence-corrected chi connectivity index (χ4v) is 6.22. The molecular weight excluding hydrogens is 623 g/mol. The lowest BCUT2D eigenvalue weighted by molar-refractivity contribution is 0.578. The van der Waals surface area contributed by atoms with Crippen molar-refractivity contribution >= 4 is 21.6 Å². The Morgan fingerprint density at radius 2 is 1.09 bits per heavy atom. The van der Waals surface area contributed by atoms with Crippen LogP contribution in [0.4, 0.5) is 8.78 Å². The van der Waals surface area contributed by atoms with Crippen LogP contribution >= 0.6 is 11.8 Å². The van der Waals surface area contributed by atoms with Gasteiger partial charge >= 0.3 is 0 Å². The van der Waals surface area contributed by atoms with Crippen LogP contribution in [0.2, 0.25) is 0 Å². The monoisotopic (exact) mass is 648 g/mol. The van der Waals surface area contributed by atoms with Crippen LogP contribution in [0.25, 0.3) is 0 Å². The predicted octanol–water partition coefficient (Wildman–Crippen LogP) is 6.90. The summed E-state index contributed by atoms with van der Waals surface area (Å²) in [6.45, 7) is 0. The fourth-order valence-electron chi connectivity index (χ4n) is 4.00. The van der Waals surface area contributed by atoms with Crippen molar-refractivity contribution in [2.45, 2.75) is 20.1 Å². The lowest BCUT2D eigenvalue weighted by atomic mass is 10.2. The quantitative estimate of drug-likeness (QED) is 0.195. The first-order chi connectivity index (χ1) is 22.2. The SMILES string of the molecule is Cn1c(C#Cc2ccc(F)cc2)cnc1S(=O)(=O)c1ccccc1.Cn1c(C#Cc2ccc(F)cc2)cnc1Sc1ccccc1. The van der Waals surface area contributed by atoms with E-state index in [1.165, 1.54) is 47.2 Å². The molecule has 0 unspecified atom stereocenters. The molecule has 6 aromatic rings.